The number of oxime groups is 1. The van der Waals surface area contributed by atoms with Crippen molar-refractivity contribution in [1.82, 2.24) is 10.0 Å². The minimum Gasteiger partial charge on any atom is -0.479 e. The molecule has 2 fully saturated rings. The minimum absolute atomic E-state index is 0.0504. The van der Waals surface area contributed by atoms with Gasteiger partial charge in [0.2, 0.25) is 6.61 Å². The number of amides is 1. The summed E-state index contributed by atoms with van der Waals surface area (Å²) in [5.41, 5.74) is 3.41. The van der Waals surface area contributed by atoms with Gasteiger partial charge in [0.25, 0.3) is 5.91 Å². The van der Waals surface area contributed by atoms with E-state index in [4.69, 9.17) is 25.3 Å². The summed E-state index contributed by atoms with van der Waals surface area (Å²) < 4.78 is 5.08. The Balaban J connectivity index is 1.74. The average Bonchev–Trinajstić information content (AvgIpc) is 3.07. The lowest BCUT2D eigenvalue weighted by molar-refractivity contribution is -0.343. The SMILES string of the molecule is CC(=O)C1(ON2C(=O)[C@@H](CC(=O)/C(=N\OCC(=O)O)c3csc(N)n3)C2(C)C)COC1. The van der Waals surface area contributed by atoms with Gasteiger partial charge < -0.3 is 20.4 Å². The van der Waals surface area contributed by atoms with Gasteiger partial charge in [-0.15, -0.1) is 11.3 Å². The molecule has 3 heterocycles. The molecule has 0 unspecified atom stereocenters. The number of carbonyl (C=O) groups excluding carboxylic acids is 3. The second-order valence-electron chi connectivity index (χ2n) is 7.78. The normalized spacial score (nSPS) is 21.8. The van der Waals surface area contributed by atoms with E-state index in [0.29, 0.717) is 0 Å². The first-order valence-corrected chi connectivity index (χ1v) is 10.1. The van der Waals surface area contributed by atoms with Crippen LogP contribution in [0.2, 0.25) is 0 Å². The van der Waals surface area contributed by atoms with Crippen LogP contribution in [0.5, 0.6) is 0 Å². The van der Waals surface area contributed by atoms with Crippen molar-refractivity contribution in [2.45, 2.75) is 38.3 Å². The van der Waals surface area contributed by atoms with Gasteiger partial charge in [-0.1, -0.05) is 5.16 Å². The maximum Gasteiger partial charge on any atom is 0.344 e. The van der Waals surface area contributed by atoms with Crippen LogP contribution >= 0.6 is 11.3 Å². The zero-order chi connectivity index (χ0) is 23.0. The second kappa shape index (κ2) is 8.32. The van der Waals surface area contributed by atoms with Crippen LogP contribution in [-0.4, -0.2) is 75.3 Å². The molecule has 1 atom stereocenters. The second-order valence-corrected chi connectivity index (χ2v) is 8.67. The van der Waals surface area contributed by atoms with Crippen LogP contribution in [0.15, 0.2) is 10.5 Å². The third-order valence-corrected chi connectivity index (χ3v) is 5.89. The Labute approximate surface area is 180 Å². The number of rotatable bonds is 10. The summed E-state index contributed by atoms with van der Waals surface area (Å²) in [6, 6.07) is 0. The average molecular weight is 454 g/mol. The van der Waals surface area contributed by atoms with Crippen LogP contribution in [0.3, 0.4) is 0 Å². The standard InChI is InChI=1S/C18H22N4O8S/c1-9(23)18(7-28-8-18)30-22-15(27)10(17(22,2)3)4-12(24)14(21-29-5-13(25)26)11-6-31-16(19)20-11/h6,10H,4-5,7-8H2,1-3H3,(H2,19,20)(H,25,26)/b21-14-/t10-/m1/s1. The molecule has 0 radical (unpaired) electrons. The van der Waals surface area contributed by atoms with Crippen molar-refractivity contribution in [2.75, 3.05) is 25.6 Å². The number of nitrogens with two attached hydrogens (primary N) is 1. The Bertz CT molecular complexity index is 952. The number of carboxylic acid groups (broad SMARTS) is 1. The number of thiazole rings is 1. The molecule has 0 bridgehead atoms. The fraction of sp³-hybridized carbons (Fsp3) is 0.556. The Kier molecular flexibility index (Phi) is 6.11. The van der Waals surface area contributed by atoms with Crippen molar-refractivity contribution >= 4 is 45.6 Å². The molecular formula is C18H22N4O8S. The number of nitrogen functional groups attached to an aromatic ring is 1. The van der Waals surface area contributed by atoms with Gasteiger partial charge in [-0.05, 0) is 20.8 Å². The minimum atomic E-state index is -1.27. The highest BCUT2D eigenvalue weighted by atomic mass is 32.1. The Hall–Kier alpha value is -2.90. The monoisotopic (exact) mass is 454 g/mol. The maximum atomic E-state index is 12.9. The molecule has 2 aliphatic heterocycles. The van der Waals surface area contributed by atoms with E-state index in [2.05, 4.69) is 10.1 Å². The molecule has 168 valence electrons. The molecule has 12 nitrogen and oxygen atoms in total. The molecule has 0 spiro atoms. The van der Waals surface area contributed by atoms with E-state index in [0.717, 1.165) is 16.4 Å². The first kappa shape index (κ1) is 22.8. The molecule has 2 saturated heterocycles. The quantitative estimate of drug-likeness (QED) is 0.279. The number of ether oxygens (including phenoxy) is 1. The molecular weight excluding hydrogens is 432 g/mol. The molecule has 0 saturated carbocycles. The fourth-order valence-corrected chi connectivity index (χ4v) is 3.70. The van der Waals surface area contributed by atoms with E-state index < -0.39 is 41.3 Å². The molecule has 3 N–H and O–H groups in total. The van der Waals surface area contributed by atoms with E-state index in [1.165, 1.54) is 12.3 Å². The summed E-state index contributed by atoms with van der Waals surface area (Å²) in [5.74, 6) is -3.32. The van der Waals surface area contributed by atoms with E-state index in [9.17, 15) is 19.2 Å². The number of aliphatic carboxylic acids is 1. The Morgan fingerprint density at radius 2 is 2.10 bits per heavy atom. The van der Waals surface area contributed by atoms with Crippen LogP contribution in [0.4, 0.5) is 5.13 Å². The zero-order valence-electron chi connectivity index (χ0n) is 17.1. The summed E-state index contributed by atoms with van der Waals surface area (Å²) >= 11 is 1.07. The maximum absolute atomic E-state index is 12.9. The highest BCUT2D eigenvalue weighted by molar-refractivity contribution is 7.13. The predicted molar refractivity (Wildman–Crippen MR) is 106 cm³/mol. The molecule has 13 heteroatoms. The van der Waals surface area contributed by atoms with Gasteiger partial charge in [0.05, 0.1) is 24.7 Å². The molecule has 1 aromatic rings. The zero-order valence-corrected chi connectivity index (χ0v) is 17.9. The number of hydrogen-bond acceptors (Lipinski definition) is 11. The third kappa shape index (κ3) is 4.29. The molecule has 0 aromatic carbocycles. The van der Waals surface area contributed by atoms with E-state index in [1.54, 1.807) is 13.8 Å². The Morgan fingerprint density at radius 1 is 1.42 bits per heavy atom. The van der Waals surface area contributed by atoms with Gasteiger partial charge in [-0.3, -0.25) is 19.2 Å². The van der Waals surface area contributed by atoms with Gasteiger partial charge in [0.15, 0.2) is 28.0 Å². The molecule has 31 heavy (non-hydrogen) atoms. The summed E-state index contributed by atoms with van der Waals surface area (Å²) in [6.45, 7) is 4.13. The summed E-state index contributed by atoms with van der Waals surface area (Å²) in [4.78, 5) is 62.6. The summed E-state index contributed by atoms with van der Waals surface area (Å²) in [5, 5.41) is 15.1. The lowest BCUT2D eigenvalue weighted by atomic mass is 9.74. The van der Waals surface area contributed by atoms with Crippen LogP contribution in [0.1, 0.15) is 32.9 Å². The van der Waals surface area contributed by atoms with Gasteiger partial charge >= 0.3 is 5.97 Å². The first-order chi connectivity index (χ1) is 14.5. The van der Waals surface area contributed by atoms with E-state index in [1.807, 2.05) is 0 Å². The number of β-lactam (4-membered cyclic amide) rings is 1. The lowest BCUT2D eigenvalue weighted by Gasteiger charge is -2.56. The van der Waals surface area contributed by atoms with Crippen LogP contribution in [-0.2, 0) is 33.6 Å². The van der Waals surface area contributed by atoms with Crippen molar-refractivity contribution in [1.29, 1.82) is 0 Å². The summed E-state index contributed by atoms with van der Waals surface area (Å²) in [7, 11) is 0. The predicted octanol–water partition coefficient (Wildman–Crippen LogP) is 0.0164. The van der Waals surface area contributed by atoms with Crippen LogP contribution < -0.4 is 5.73 Å². The number of hydroxylamine groups is 2. The van der Waals surface area contributed by atoms with Crippen molar-refractivity contribution < 1.29 is 38.7 Å². The third-order valence-electron chi connectivity index (χ3n) is 5.21. The smallest absolute Gasteiger partial charge is 0.344 e. The Morgan fingerprint density at radius 3 is 2.55 bits per heavy atom. The van der Waals surface area contributed by atoms with Gasteiger partial charge in [-0.2, -0.15) is 0 Å². The van der Waals surface area contributed by atoms with Crippen molar-refractivity contribution in [2.24, 2.45) is 11.1 Å². The fourth-order valence-electron chi connectivity index (χ4n) is 3.16. The van der Waals surface area contributed by atoms with Gasteiger partial charge in [0, 0.05) is 11.8 Å². The number of carboxylic acids is 1. The number of nitrogens with zero attached hydrogens (tertiary/aromatic N) is 3. The van der Waals surface area contributed by atoms with Crippen LogP contribution in [0, 0.1) is 5.92 Å². The van der Waals surface area contributed by atoms with Crippen molar-refractivity contribution in [3.8, 4) is 0 Å². The highest BCUT2D eigenvalue weighted by Gasteiger charge is 2.60. The van der Waals surface area contributed by atoms with Crippen molar-refractivity contribution in [3.63, 3.8) is 0 Å². The molecule has 0 aliphatic carbocycles. The highest BCUT2D eigenvalue weighted by Crippen LogP contribution is 2.43. The first-order valence-electron chi connectivity index (χ1n) is 9.26. The van der Waals surface area contributed by atoms with Gasteiger partial charge in [0.1, 0.15) is 5.69 Å². The lowest BCUT2D eigenvalue weighted by Crippen LogP contribution is -2.73. The number of Topliss-reactive ketones (excluding diaryl/α,β-unsaturated/α-hetero) is 2. The molecule has 1 aromatic heterocycles. The van der Waals surface area contributed by atoms with Gasteiger partial charge in [-0.25, -0.2) is 14.8 Å². The molecule has 2 aliphatic rings. The van der Waals surface area contributed by atoms with E-state index >= 15 is 0 Å². The topological polar surface area (TPSA) is 171 Å². The van der Waals surface area contributed by atoms with Crippen LogP contribution in [0.25, 0.3) is 0 Å². The van der Waals surface area contributed by atoms with E-state index in [-0.39, 0.29) is 42.0 Å². The van der Waals surface area contributed by atoms with Crippen molar-refractivity contribution in [3.05, 3.63) is 11.1 Å². The molecule has 1 amide bonds. The number of ketones is 2. The number of carbonyl (C=O) groups is 4. The molecule has 3 rings (SSSR count). The number of anilines is 1. The number of aromatic nitrogens is 1. The largest absolute Gasteiger partial charge is 0.479 e. The summed E-state index contributed by atoms with van der Waals surface area (Å²) in [6.07, 6.45) is -0.248. The number of hydrogen-bond donors (Lipinski definition) is 2.